The molecule has 1 aromatic rings. The van der Waals surface area contributed by atoms with Gasteiger partial charge in [0.2, 0.25) is 0 Å². The van der Waals surface area contributed by atoms with E-state index in [-0.39, 0.29) is 5.41 Å². The second-order valence-electron chi connectivity index (χ2n) is 5.41. The summed E-state index contributed by atoms with van der Waals surface area (Å²) in [6.45, 7) is 11.7. The predicted octanol–water partition coefficient (Wildman–Crippen LogP) is 3.14. The van der Waals surface area contributed by atoms with Gasteiger partial charge in [0.15, 0.2) is 0 Å². The van der Waals surface area contributed by atoms with Crippen molar-refractivity contribution in [3.63, 3.8) is 0 Å². The van der Waals surface area contributed by atoms with Gasteiger partial charge in [-0.25, -0.2) is 4.98 Å². The fraction of sp³-hybridized carbons (Fsp3) is 0.750. The van der Waals surface area contributed by atoms with E-state index in [1.807, 2.05) is 0 Å². The molecule has 1 atom stereocenters. The Kier molecular flexibility index (Phi) is 3.90. The van der Waals surface area contributed by atoms with Gasteiger partial charge in [-0.3, -0.25) is 0 Å². The summed E-state index contributed by atoms with van der Waals surface area (Å²) in [4.78, 5) is 4.71. The molecule has 0 bridgehead atoms. The lowest BCUT2D eigenvalue weighted by molar-refractivity contribution is 0.497. The zero-order valence-electron chi connectivity index (χ0n) is 10.4. The highest BCUT2D eigenvalue weighted by atomic mass is 32.1. The van der Waals surface area contributed by atoms with Gasteiger partial charge in [0.1, 0.15) is 0 Å². The van der Waals surface area contributed by atoms with Crippen molar-refractivity contribution in [2.45, 2.75) is 46.0 Å². The molecule has 0 aliphatic heterocycles. The first kappa shape index (κ1) is 12.7. The van der Waals surface area contributed by atoms with Crippen molar-refractivity contribution in [1.82, 2.24) is 4.98 Å². The van der Waals surface area contributed by atoms with Crippen molar-refractivity contribution < 1.29 is 0 Å². The Morgan fingerprint density at radius 2 is 2.00 bits per heavy atom. The van der Waals surface area contributed by atoms with Crippen LogP contribution in [-0.4, -0.2) is 11.5 Å². The molecule has 86 valence electrons. The summed E-state index contributed by atoms with van der Waals surface area (Å²) in [5.41, 5.74) is 7.12. The van der Waals surface area contributed by atoms with E-state index in [1.165, 1.54) is 10.7 Å². The van der Waals surface area contributed by atoms with Gasteiger partial charge in [-0.2, -0.15) is 0 Å². The van der Waals surface area contributed by atoms with Crippen LogP contribution in [0.2, 0.25) is 0 Å². The average Bonchev–Trinajstić information content (AvgIpc) is 2.52. The van der Waals surface area contributed by atoms with Crippen LogP contribution in [0.4, 0.5) is 0 Å². The topological polar surface area (TPSA) is 38.9 Å². The maximum atomic E-state index is 5.79. The predicted molar refractivity (Wildman–Crippen MR) is 67.4 cm³/mol. The lowest BCUT2D eigenvalue weighted by Gasteiger charge is -2.17. The zero-order chi connectivity index (χ0) is 11.6. The van der Waals surface area contributed by atoms with Crippen LogP contribution in [0.25, 0.3) is 0 Å². The van der Waals surface area contributed by atoms with Crippen LogP contribution < -0.4 is 5.73 Å². The first-order valence-electron chi connectivity index (χ1n) is 5.52. The van der Waals surface area contributed by atoms with Crippen LogP contribution in [-0.2, 0) is 5.41 Å². The minimum Gasteiger partial charge on any atom is -0.330 e. The minimum absolute atomic E-state index is 0.144. The molecule has 1 rings (SSSR count). The standard InChI is InChI=1S/C12H22N2S/c1-8(2)9(6-13)11-14-10(7-15-11)12(3,4)5/h7-9H,6,13H2,1-5H3. The molecule has 2 nitrogen and oxygen atoms in total. The van der Waals surface area contributed by atoms with E-state index in [4.69, 9.17) is 10.7 Å². The van der Waals surface area contributed by atoms with Crippen LogP contribution in [0.15, 0.2) is 5.38 Å². The minimum atomic E-state index is 0.144. The zero-order valence-corrected chi connectivity index (χ0v) is 11.2. The maximum absolute atomic E-state index is 5.79. The molecule has 2 N–H and O–H groups in total. The summed E-state index contributed by atoms with van der Waals surface area (Å²) in [6, 6.07) is 0. The average molecular weight is 226 g/mol. The molecular formula is C12H22N2S. The molecular weight excluding hydrogens is 204 g/mol. The SMILES string of the molecule is CC(C)C(CN)c1nc(C(C)(C)C)cs1. The van der Waals surface area contributed by atoms with E-state index in [0.29, 0.717) is 18.4 Å². The molecule has 0 amide bonds. The number of aromatic nitrogens is 1. The molecule has 0 saturated heterocycles. The van der Waals surface area contributed by atoms with Crippen LogP contribution in [0, 0.1) is 5.92 Å². The van der Waals surface area contributed by atoms with E-state index < -0.39 is 0 Å². The van der Waals surface area contributed by atoms with Gasteiger partial charge in [0.25, 0.3) is 0 Å². The summed E-state index contributed by atoms with van der Waals surface area (Å²) in [5, 5.41) is 3.36. The van der Waals surface area contributed by atoms with E-state index in [1.54, 1.807) is 11.3 Å². The largest absolute Gasteiger partial charge is 0.330 e. The van der Waals surface area contributed by atoms with E-state index in [2.05, 4.69) is 40.0 Å². The Labute approximate surface area is 96.9 Å². The maximum Gasteiger partial charge on any atom is 0.0974 e. The van der Waals surface area contributed by atoms with Crippen molar-refractivity contribution in [2.75, 3.05) is 6.54 Å². The molecule has 0 radical (unpaired) electrons. The van der Waals surface area contributed by atoms with E-state index >= 15 is 0 Å². The van der Waals surface area contributed by atoms with Crippen LogP contribution in [0.5, 0.6) is 0 Å². The number of nitrogens with two attached hydrogens (primary N) is 1. The molecule has 0 aromatic carbocycles. The number of rotatable bonds is 3. The highest BCUT2D eigenvalue weighted by Gasteiger charge is 2.22. The molecule has 1 heterocycles. The molecule has 1 unspecified atom stereocenters. The van der Waals surface area contributed by atoms with Gasteiger partial charge in [0, 0.05) is 23.3 Å². The summed E-state index contributed by atoms with van der Waals surface area (Å²) in [5.74, 6) is 0.972. The van der Waals surface area contributed by atoms with Crippen molar-refractivity contribution in [2.24, 2.45) is 11.7 Å². The Hall–Kier alpha value is -0.410. The number of hydrogen-bond acceptors (Lipinski definition) is 3. The molecule has 15 heavy (non-hydrogen) atoms. The summed E-state index contributed by atoms with van der Waals surface area (Å²) in [7, 11) is 0. The van der Waals surface area contributed by atoms with Crippen LogP contribution in [0.1, 0.15) is 51.2 Å². The normalized spacial score (nSPS) is 14.6. The Bertz CT molecular complexity index is 310. The van der Waals surface area contributed by atoms with E-state index in [9.17, 15) is 0 Å². The number of hydrogen-bond donors (Lipinski definition) is 1. The molecule has 0 saturated carbocycles. The first-order valence-corrected chi connectivity index (χ1v) is 6.40. The third kappa shape index (κ3) is 3.02. The molecule has 3 heteroatoms. The molecule has 0 fully saturated rings. The fourth-order valence-corrected chi connectivity index (χ4v) is 2.79. The van der Waals surface area contributed by atoms with Crippen molar-refractivity contribution in [3.05, 3.63) is 16.1 Å². The highest BCUT2D eigenvalue weighted by Crippen LogP contribution is 2.30. The third-order valence-electron chi connectivity index (χ3n) is 2.67. The van der Waals surface area contributed by atoms with Gasteiger partial charge in [0.05, 0.1) is 10.7 Å². The highest BCUT2D eigenvalue weighted by molar-refractivity contribution is 7.09. The fourth-order valence-electron chi connectivity index (χ4n) is 1.46. The summed E-state index contributed by atoms with van der Waals surface area (Å²) in [6.07, 6.45) is 0. The van der Waals surface area contributed by atoms with Gasteiger partial charge in [-0.05, 0) is 5.92 Å². The smallest absolute Gasteiger partial charge is 0.0974 e. The molecule has 1 aromatic heterocycles. The van der Waals surface area contributed by atoms with E-state index in [0.717, 1.165) is 0 Å². The van der Waals surface area contributed by atoms with Gasteiger partial charge < -0.3 is 5.73 Å². The Morgan fingerprint density at radius 1 is 1.40 bits per heavy atom. The monoisotopic (exact) mass is 226 g/mol. The third-order valence-corrected chi connectivity index (χ3v) is 3.64. The van der Waals surface area contributed by atoms with Gasteiger partial charge in [-0.15, -0.1) is 11.3 Å². The lowest BCUT2D eigenvalue weighted by atomic mass is 9.93. The van der Waals surface area contributed by atoms with Crippen LogP contribution in [0.3, 0.4) is 0 Å². The Morgan fingerprint density at radius 3 is 2.33 bits per heavy atom. The van der Waals surface area contributed by atoms with Gasteiger partial charge in [-0.1, -0.05) is 34.6 Å². The molecule has 0 aliphatic rings. The number of thiazole rings is 1. The van der Waals surface area contributed by atoms with Crippen molar-refractivity contribution in [3.8, 4) is 0 Å². The second kappa shape index (κ2) is 4.62. The van der Waals surface area contributed by atoms with Crippen LogP contribution >= 0.6 is 11.3 Å². The summed E-state index contributed by atoms with van der Waals surface area (Å²) < 4.78 is 0. The molecule has 0 spiro atoms. The second-order valence-corrected chi connectivity index (χ2v) is 6.30. The quantitative estimate of drug-likeness (QED) is 0.860. The van der Waals surface area contributed by atoms with Crippen molar-refractivity contribution in [1.29, 1.82) is 0 Å². The number of nitrogens with zero attached hydrogens (tertiary/aromatic N) is 1. The molecule has 0 aliphatic carbocycles. The lowest BCUT2D eigenvalue weighted by Crippen LogP contribution is -2.18. The summed E-state index contributed by atoms with van der Waals surface area (Å²) >= 11 is 1.75. The van der Waals surface area contributed by atoms with Crippen molar-refractivity contribution >= 4 is 11.3 Å². The first-order chi connectivity index (χ1) is 6.86. The van der Waals surface area contributed by atoms with Gasteiger partial charge >= 0.3 is 0 Å². The Balaban J connectivity index is 2.92.